The summed E-state index contributed by atoms with van der Waals surface area (Å²) >= 11 is 2.89. The molecule has 0 saturated carbocycles. The fourth-order valence-electron chi connectivity index (χ4n) is 1.47. The van der Waals surface area contributed by atoms with Crippen molar-refractivity contribution in [3.05, 3.63) is 32.3 Å². The van der Waals surface area contributed by atoms with Gasteiger partial charge in [-0.3, -0.25) is 10.1 Å². The minimum Gasteiger partial charge on any atom is -0.506 e. The first-order valence-electron chi connectivity index (χ1n) is 5.11. The van der Waals surface area contributed by atoms with Crippen LogP contribution < -0.4 is 5.73 Å². The summed E-state index contributed by atoms with van der Waals surface area (Å²) in [6.45, 7) is 0. The van der Waals surface area contributed by atoms with Crippen molar-refractivity contribution in [2.45, 2.75) is 25.1 Å². The summed E-state index contributed by atoms with van der Waals surface area (Å²) in [5.41, 5.74) is 5.09. The highest BCUT2D eigenvalue weighted by Crippen LogP contribution is 2.37. The maximum absolute atomic E-state index is 12.1. The third-order valence-corrected chi connectivity index (χ3v) is 3.03. The van der Waals surface area contributed by atoms with Crippen LogP contribution >= 0.6 is 15.9 Å². The molecule has 5 nitrogen and oxygen atoms in total. The molecule has 0 radical (unpaired) electrons. The summed E-state index contributed by atoms with van der Waals surface area (Å²) in [5, 5.41) is 20.3. The van der Waals surface area contributed by atoms with Gasteiger partial charge < -0.3 is 10.8 Å². The third kappa shape index (κ3) is 4.35. The van der Waals surface area contributed by atoms with Gasteiger partial charge in [0, 0.05) is 30.2 Å². The number of benzene rings is 1. The third-order valence-electron chi connectivity index (χ3n) is 2.43. The van der Waals surface area contributed by atoms with Crippen LogP contribution in [0.5, 0.6) is 5.75 Å². The molecule has 19 heavy (non-hydrogen) atoms. The van der Waals surface area contributed by atoms with Gasteiger partial charge in [-0.25, -0.2) is 0 Å². The zero-order valence-electron chi connectivity index (χ0n) is 9.45. The van der Waals surface area contributed by atoms with Gasteiger partial charge in [-0.2, -0.15) is 13.2 Å². The number of nitrogens with zero attached hydrogens (tertiary/aromatic N) is 1. The van der Waals surface area contributed by atoms with E-state index in [9.17, 15) is 28.4 Å². The van der Waals surface area contributed by atoms with Crippen LogP contribution in [0.1, 0.15) is 24.4 Å². The summed E-state index contributed by atoms with van der Waals surface area (Å²) in [6, 6.07) is 0.883. The smallest absolute Gasteiger partial charge is 0.389 e. The Hall–Kier alpha value is -1.35. The van der Waals surface area contributed by atoms with Gasteiger partial charge in [-0.1, -0.05) is 0 Å². The molecule has 3 N–H and O–H groups in total. The number of non-ortho nitro benzene ring substituents is 1. The van der Waals surface area contributed by atoms with Crippen LogP contribution in [0.3, 0.4) is 0 Å². The molecule has 0 aliphatic carbocycles. The van der Waals surface area contributed by atoms with Gasteiger partial charge in [0.05, 0.1) is 9.40 Å². The fourth-order valence-corrected chi connectivity index (χ4v) is 1.93. The average molecular weight is 343 g/mol. The number of halogens is 4. The molecule has 0 fully saturated rings. The Bertz CT molecular complexity index is 494. The Labute approximate surface area is 114 Å². The maximum atomic E-state index is 12.1. The molecule has 0 aromatic heterocycles. The molecule has 1 rings (SSSR count). The molecule has 1 aromatic carbocycles. The lowest BCUT2D eigenvalue weighted by molar-refractivity contribution is -0.385. The number of nitrogens with two attached hydrogens (primary N) is 1. The van der Waals surface area contributed by atoms with Gasteiger partial charge in [0.1, 0.15) is 5.75 Å². The number of phenolic OH excluding ortho intramolecular Hbond substituents is 1. The molecule has 1 atom stereocenters. The minimum atomic E-state index is -4.37. The average Bonchev–Trinajstić information content (AvgIpc) is 2.28. The summed E-state index contributed by atoms with van der Waals surface area (Å²) < 4.78 is 36.3. The summed E-state index contributed by atoms with van der Waals surface area (Å²) in [4.78, 5) is 9.92. The Balaban J connectivity index is 3.01. The molecule has 106 valence electrons. The van der Waals surface area contributed by atoms with E-state index in [2.05, 4.69) is 15.9 Å². The predicted molar refractivity (Wildman–Crippen MR) is 64.7 cm³/mol. The number of aromatic hydroxyl groups is 1. The number of nitro groups is 1. The van der Waals surface area contributed by atoms with E-state index in [1.165, 1.54) is 0 Å². The van der Waals surface area contributed by atoms with Crippen molar-refractivity contribution in [2.24, 2.45) is 5.73 Å². The van der Waals surface area contributed by atoms with E-state index in [1.54, 1.807) is 0 Å². The van der Waals surface area contributed by atoms with Crippen LogP contribution in [-0.2, 0) is 0 Å². The van der Waals surface area contributed by atoms with Crippen LogP contribution in [0.4, 0.5) is 18.9 Å². The van der Waals surface area contributed by atoms with E-state index < -0.39 is 30.0 Å². The van der Waals surface area contributed by atoms with Crippen molar-refractivity contribution in [2.75, 3.05) is 0 Å². The van der Waals surface area contributed by atoms with Gasteiger partial charge in [0.2, 0.25) is 0 Å². The Morgan fingerprint density at radius 1 is 1.47 bits per heavy atom. The maximum Gasteiger partial charge on any atom is 0.389 e. The lowest BCUT2D eigenvalue weighted by Crippen LogP contribution is -2.16. The number of alkyl halides is 3. The molecule has 9 heteroatoms. The van der Waals surface area contributed by atoms with E-state index in [0.717, 1.165) is 12.1 Å². The molecule has 0 heterocycles. The van der Waals surface area contributed by atoms with Gasteiger partial charge >= 0.3 is 6.18 Å². The normalized spacial score (nSPS) is 13.3. The molecule has 0 unspecified atom stereocenters. The molecule has 0 saturated heterocycles. The topological polar surface area (TPSA) is 89.4 Å². The Morgan fingerprint density at radius 3 is 2.53 bits per heavy atom. The highest BCUT2D eigenvalue weighted by Gasteiger charge is 2.29. The Kier molecular flexibility index (Phi) is 4.75. The van der Waals surface area contributed by atoms with Crippen molar-refractivity contribution in [3.8, 4) is 5.75 Å². The minimum absolute atomic E-state index is 0.0131. The zero-order chi connectivity index (χ0) is 14.8. The van der Waals surface area contributed by atoms with Crippen molar-refractivity contribution in [3.63, 3.8) is 0 Å². The van der Waals surface area contributed by atoms with Crippen LogP contribution in [0.25, 0.3) is 0 Å². The predicted octanol–water partition coefficient (Wildman–Crippen LogP) is 3.41. The van der Waals surface area contributed by atoms with Gasteiger partial charge in [-0.15, -0.1) is 0 Å². The molecule has 0 spiro atoms. The van der Waals surface area contributed by atoms with Gasteiger partial charge in [0.25, 0.3) is 5.69 Å². The van der Waals surface area contributed by atoms with E-state index in [-0.39, 0.29) is 21.5 Å². The number of rotatable bonds is 4. The van der Waals surface area contributed by atoms with E-state index >= 15 is 0 Å². The van der Waals surface area contributed by atoms with Crippen LogP contribution in [-0.4, -0.2) is 16.2 Å². The quantitative estimate of drug-likeness (QED) is 0.648. The number of phenols is 1. The van der Waals surface area contributed by atoms with Crippen molar-refractivity contribution in [1.82, 2.24) is 0 Å². The van der Waals surface area contributed by atoms with Crippen LogP contribution in [0.15, 0.2) is 16.6 Å². The molecular formula is C10H10BrF3N2O3. The molecule has 0 bridgehead atoms. The summed E-state index contributed by atoms with van der Waals surface area (Å²) in [6.07, 6.45) is -5.97. The van der Waals surface area contributed by atoms with Crippen LogP contribution in [0, 0.1) is 10.1 Å². The number of hydrogen-bond acceptors (Lipinski definition) is 4. The summed E-state index contributed by atoms with van der Waals surface area (Å²) in [7, 11) is 0. The van der Waals surface area contributed by atoms with Crippen molar-refractivity contribution >= 4 is 21.6 Å². The fraction of sp³-hybridized carbons (Fsp3) is 0.400. The lowest BCUT2D eigenvalue weighted by Gasteiger charge is -2.15. The lowest BCUT2D eigenvalue weighted by atomic mass is 10.0. The van der Waals surface area contributed by atoms with Crippen LogP contribution in [0.2, 0.25) is 0 Å². The first kappa shape index (κ1) is 15.7. The Morgan fingerprint density at radius 2 is 2.05 bits per heavy atom. The number of nitro benzene ring substituents is 1. The second kappa shape index (κ2) is 5.74. The first-order valence-corrected chi connectivity index (χ1v) is 5.90. The molecule has 1 aromatic rings. The zero-order valence-corrected chi connectivity index (χ0v) is 11.0. The molecule has 0 aliphatic heterocycles. The SMILES string of the molecule is N[C@H](CCC(F)(F)F)c1cc([N+](=O)[O-])cc(Br)c1O. The standard InChI is InChI=1S/C10H10BrF3N2O3/c11-7-4-5(16(18)19)3-6(9(7)17)8(15)1-2-10(12,13)14/h3-4,8,17H,1-2,15H2/t8-/m1/s1. The van der Waals surface area contributed by atoms with Gasteiger partial charge in [0.15, 0.2) is 0 Å². The van der Waals surface area contributed by atoms with E-state index in [0.29, 0.717) is 0 Å². The molecular weight excluding hydrogens is 333 g/mol. The second-order valence-corrected chi connectivity index (χ2v) is 4.74. The summed E-state index contributed by atoms with van der Waals surface area (Å²) in [5.74, 6) is -0.389. The van der Waals surface area contributed by atoms with Crippen molar-refractivity contribution < 1.29 is 23.2 Å². The molecule has 0 amide bonds. The first-order chi connectivity index (χ1) is 8.61. The second-order valence-electron chi connectivity index (χ2n) is 3.88. The van der Waals surface area contributed by atoms with E-state index in [1.807, 2.05) is 0 Å². The van der Waals surface area contributed by atoms with Gasteiger partial charge in [-0.05, 0) is 22.4 Å². The highest BCUT2D eigenvalue weighted by atomic mass is 79.9. The van der Waals surface area contributed by atoms with Crippen molar-refractivity contribution in [1.29, 1.82) is 0 Å². The monoisotopic (exact) mass is 342 g/mol. The molecule has 0 aliphatic rings. The highest BCUT2D eigenvalue weighted by molar-refractivity contribution is 9.10. The largest absolute Gasteiger partial charge is 0.506 e. The van der Waals surface area contributed by atoms with E-state index in [4.69, 9.17) is 5.73 Å². The number of hydrogen-bond donors (Lipinski definition) is 2.